The van der Waals surface area contributed by atoms with Crippen LogP contribution in [0, 0.1) is 22.7 Å². The number of carbonyl (C=O) groups excluding carboxylic acids is 1. The van der Waals surface area contributed by atoms with Gasteiger partial charge in [-0.1, -0.05) is 12.1 Å². The van der Waals surface area contributed by atoms with Crippen LogP contribution in [0.1, 0.15) is 5.56 Å². The summed E-state index contributed by atoms with van der Waals surface area (Å²) in [5.74, 6) is -0.544. The molecular weight excluding hydrogens is 266 g/mol. The molecular formula is C15H17N5O. The SMILES string of the molecule is CN(C)CCN/C=C(/C#N)C(=O)Nc1ccccc1C#N. The van der Waals surface area contributed by atoms with Crippen LogP contribution in [0.5, 0.6) is 0 Å². The summed E-state index contributed by atoms with van der Waals surface area (Å²) in [7, 11) is 3.87. The summed E-state index contributed by atoms with van der Waals surface area (Å²) in [4.78, 5) is 14.0. The van der Waals surface area contributed by atoms with E-state index in [-0.39, 0.29) is 5.57 Å². The van der Waals surface area contributed by atoms with Crippen LogP contribution < -0.4 is 10.6 Å². The Morgan fingerprint density at radius 2 is 2.05 bits per heavy atom. The molecule has 0 spiro atoms. The van der Waals surface area contributed by atoms with Crippen molar-refractivity contribution in [2.75, 3.05) is 32.5 Å². The van der Waals surface area contributed by atoms with E-state index in [4.69, 9.17) is 10.5 Å². The molecule has 0 heterocycles. The lowest BCUT2D eigenvalue weighted by atomic mass is 10.2. The lowest BCUT2D eigenvalue weighted by Gasteiger charge is -2.09. The Morgan fingerprint density at radius 1 is 1.33 bits per heavy atom. The van der Waals surface area contributed by atoms with E-state index in [0.717, 1.165) is 6.54 Å². The van der Waals surface area contributed by atoms with Gasteiger partial charge in [-0.05, 0) is 26.2 Å². The third-order valence-corrected chi connectivity index (χ3v) is 2.61. The van der Waals surface area contributed by atoms with Crippen LogP contribution in [0.15, 0.2) is 36.0 Å². The molecule has 1 rings (SSSR count). The maximum absolute atomic E-state index is 12.0. The van der Waals surface area contributed by atoms with Crippen LogP contribution in [0.4, 0.5) is 5.69 Å². The van der Waals surface area contributed by atoms with Crippen LogP contribution in [0.25, 0.3) is 0 Å². The Kier molecular flexibility index (Phi) is 6.46. The molecule has 2 N–H and O–H groups in total. The molecule has 21 heavy (non-hydrogen) atoms. The quantitative estimate of drug-likeness (QED) is 0.462. The summed E-state index contributed by atoms with van der Waals surface area (Å²) >= 11 is 0. The highest BCUT2D eigenvalue weighted by molar-refractivity contribution is 6.07. The molecule has 1 amide bonds. The molecule has 0 aliphatic rings. The highest BCUT2D eigenvalue weighted by Crippen LogP contribution is 2.14. The topological polar surface area (TPSA) is 91.9 Å². The molecule has 1 aromatic rings. The number of nitrogens with one attached hydrogen (secondary N) is 2. The van der Waals surface area contributed by atoms with Crippen LogP contribution in [0.3, 0.4) is 0 Å². The first kappa shape index (κ1) is 16.2. The van der Waals surface area contributed by atoms with Gasteiger partial charge < -0.3 is 15.5 Å². The fourth-order valence-corrected chi connectivity index (χ4v) is 1.49. The summed E-state index contributed by atoms with van der Waals surface area (Å²) in [6.07, 6.45) is 1.38. The minimum absolute atomic E-state index is 0.0403. The summed E-state index contributed by atoms with van der Waals surface area (Å²) in [6.45, 7) is 1.41. The zero-order valence-corrected chi connectivity index (χ0v) is 12.1. The number of rotatable bonds is 6. The zero-order chi connectivity index (χ0) is 15.7. The molecule has 6 heteroatoms. The van der Waals surface area contributed by atoms with Crippen LogP contribution in [-0.2, 0) is 4.79 Å². The van der Waals surface area contributed by atoms with Crippen LogP contribution in [0.2, 0.25) is 0 Å². The fourth-order valence-electron chi connectivity index (χ4n) is 1.49. The zero-order valence-electron chi connectivity index (χ0n) is 12.1. The summed E-state index contributed by atoms with van der Waals surface area (Å²) < 4.78 is 0. The first-order valence-corrected chi connectivity index (χ1v) is 6.37. The van der Waals surface area contributed by atoms with Gasteiger partial charge in [0.25, 0.3) is 5.91 Å². The van der Waals surface area contributed by atoms with Crippen molar-refractivity contribution in [3.63, 3.8) is 0 Å². The summed E-state index contributed by atoms with van der Waals surface area (Å²) in [5, 5.41) is 23.4. The number of amides is 1. The van der Waals surface area contributed by atoms with Gasteiger partial charge in [0.2, 0.25) is 0 Å². The van der Waals surface area contributed by atoms with E-state index in [1.54, 1.807) is 24.3 Å². The molecule has 0 unspecified atom stereocenters. The molecule has 0 atom stereocenters. The second-order valence-corrected chi connectivity index (χ2v) is 4.54. The van der Waals surface area contributed by atoms with Crippen molar-refractivity contribution in [2.24, 2.45) is 0 Å². The van der Waals surface area contributed by atoms with Crippen molar-refractivity contribution in [3.8, 4) is 12.1 Å². The van der Waals surface area contributed by atoms with Crippen molar-refractivity contribution < 1.29 is 4.79 Å². The van der Waals surface area contributed by atoms with Crippen LogP contribution in [-0.4, -0.2) is 38.0 Å². The maximum atomic E-state index is 12.0. The van der Waals surface area contributed by atoms with E-state index >= 15 is 0 Å². The molecule has 0 saturated carbocycles. The van der Waals surface area contributed by atoms with Gasteiger partial charge in [0, 0.05) is 19.3 Å². The van der Waals surface area contributed by atoms with E-state index in [1.807, 2.05) is 31.1 Å². The predicted octanol–water partition coefficient (Wildman–Crippen LogP) is 1.06. The van der Waals surface area contributed by atoms with E-state index < -0.39 is 5.91 Å². The van der Waals surface area contributed by atoms with Crippen molar-refractivity contribution >= 4 is 11.6 Å². The van der Waals surface area contributed by atoms with Gasteiger partial charge in [-0.15, -0.1) is 0 Å². The molecule has 6 nitrogen and oxygen atoms in total. The number of benzene rings is 1. The van der Waals surface area contributed by atoms with Gasteiger partial charge in [0.15, 0.2) is 0 Å². The molecule has 0 bridgehead atoms. The van der Waals surface area contributed by atoms with Crippen molar-refractivity contribution in [1.82, 2.24) is 10.2 Å². The number of anilines is 1. The van der Waals surface area contributed by atoms with Crippen molar-refractivity contribution in [2.45, 2.75) is 0 Å². The normalized spacial score (nSPS) is 10.6. The molecule has 0 saturated heterocycles. The first-order valence-electron chi connectivity index (χ1n) is 6.37. The fraction of sp³-hybridized carbons (Fsp3) is 0.267. The van der Waals surface area contributed by atoms with Gasteiger partial charge in [-0.25, -0.2) is 0 Å². The van der Waals surface area contributed by atoms with E-state index in [9.17, 15) is 4.79 Å². The van der Waals surface area contributed by atoms with E-state index in [2.05, 4.69) is 10.6 Å². The predicted molar refractivity (Wildman–Crippen MR) is 80.0 cm³/mol. The monoisotopic (exact) mass is 283 g/mol. The number of hydrogen-bond acceptors (Lipinski definition) is 5. The number of nitriles is 2. The Balaban J connectivity index is 2.70. The molecule has 0 fully saturated rings. The summed E-state index contributed by atoms with van der Waals surface area (Å²) in [6, 6.07) is 10.5. The number of para-hydroxylation sites is 1. The Hall–Kier alpha value is -2.83. The molecule has 0 radical (unpaired) electrons. The number of nitrogens with zero attached hydrogens (tertiary/aromatic N) is 3. The lowest BCUT2D eigenvalue weighted by Crippen LogP contribution is -2.24. The average molecular weight is 283 g/mol. The lowest BCUT2D eigenvalue weighted by molar-refractivity contribution is -0.112. The Labute approximate surface area is 124 Å². The molecule has 0 aliphatic carbocycles. The van der Waals surface area contributed by atoms with E-state index in [1.165, 1.54) is 6.20 Å². The smallest absolute Gasteiger partial charge is 0.267 e. The molecule has 1 aromatic carbocycles. The van der Waals surface area contributed by atoms with Crippen molar-refractivity contribution in [3.05, 3.63) is 41.6 Å². The minimum Gasteiger partial charge on any atom is -0.388 e. The Morgan fingerprint density at radius 3 is 2.67 bits per heavy atom. The maximum Gasteiger partial charge on any atom is 0.267 e. The third-order valence-electron chi connectivity index (χ3n) is 2.61. The third kappa shape index (κ3) is 5.35. The average Bonchev–Trinajstić information content (AvgIpc) is 2.47. The largest absolute Gasteiger partial charge is 0.388 e. The number of likely N-dealkylation sites (N-methyl/N-ethyl adjacent to an activating group) is 1. The standard InChI is InChI=1S/C15H17N5O/c1-20(2)8-7-18-11-13(10-17)15(21)19-14-6-4-3-5-12(14)9-16/h3-6,11,18H,7-8H2,1-2H3,(H,19,21)/b13-11-. The van der Waals surface area contributed by atoms with Gasteiger partial charge in [0.05, 0.1) is 11.3 Å². The Bertz CT molecular complexity index is 607. The van der Waals surface area contributed by atoms with Gasteiger partial charge in [0.1, 0.15) is 17.7 Å². The van der Waals surface area contributed by atoms with Gasteiger partial charge in [-0.3, -0.25) is 4.79 Å². The minimum atomic E-state index is -0.544. The molecule has 0 aromatic heterocycles. The van der Waals surface area contributed by atoms with Crippen molar-refractivity contribution in [1.29, 1.82) is 10.5 Å². The van der Waals surface area contributed by atoms with Gasteiger partial charge >= 0.3 is 0 Å². The highest BCUT2D eigenvalue weighted by atomic mass is 16.1. The summed E-state index contributed by atoms with van der Waals surface area (Å²) in [5.41, 5.74) is 0.699. The van der Waals surface area contributed by atoms with Gasteiger partial charge in [-0.2, -0.15) is 10.5 Å². The highest BCUT2D eigenvalue weighted by Gasteiger charge is 2.11. The second-order valence-electron chi connectivity index (χ2n) is 4.54. The van der Waals surface area contributed by atoms with Crippen LogP contribution >= 0.6 is 0 Å². The number of hydrogen-bond donors (Lipinski definition) is 2. The number of carbonyl (C=O) groups is 1. The first-order chi connectivity index (χ1) is 10.1. The van der Waals surface area contributed by atoms with E-state index in [0.29, 0.717) is 17.8 Å². The molecule has 0 aliphatic heterocycles. The molecule has 108 valence electrons. The second kappa shape index (κ2) is 8.36.